The quantitative estimate of drug-likeness (QED) is 0.794. The van der Waals surface area contributed by atoms with Crippen molar-refractivity contribution in [3.8, 4) is 5.75 Å². The van der Waals surface area contributed by atoms with Gasteiger partial charge in [-0.05, 0) is 12.0 Å². The van der Waals surface area contributed by atoms with E-state index in [2.05, 4.69) is 19.2 Å². The van der Waals surface area contributed by atoms with Gasteiger partial charge in [-0.1, -0.05) is 32.0 Å². The van der Waals surface area contributed by atoms with Gasteiger partial charge < -0.3 is 10.1 Å². The second kappa shape index (κ2) is 7.17. The fraction of sp³-hybridized carbons (Fsp3) is 0.462. The van der Waals surface area contributed by atoms with Gasteiger partial charge in [-0.25, -0.2) is 0 Å². The molecule has 0 aliphatic rings. The average Bonchev–Trinajstić information content (AvgIpc) is 2.34. The van der Waals surface area contributed by atoms with Crippen molar-refractivity contribution < 1.29 is 9.53 Å². The fourth-order valence-corrected chi connectivity index (χ4v) is 1.38. The van der Waals surface area contributed by atoms with E-state index in [0.29, 0.717) is 19.1 Å². The summed E-state index contributed by atoms with van der Waals surface area (Å²) < 4.78 is 5.68. The van der Waals surface area contributed by atoms with Crippen molar-refractivity contribution in [1.29, 1.82) is 0 Å². The molecule has 0 unspecified atom stereocenters. The minimum atomic E-state index is -0.176. The van der Waals surface area contributed by atoms with Crippen molar-refractivity contribution in [2.24, 2.45) is 5.92 Å². The Morgan fingerprint density at radius 3 is 2.76 bits per heavy atom. The van der Waals surface area contributed by atoms with Crippen molar-refractivity contribution in [2.45, 2.75) is 20.4 Å². The number of ether oxygens (including phenoxy) is 1. The first-order valence-electron chi connectivity index (χ1n) is 5.67. The van der Waals surface area contributed by atoms with E-state index in [1.165, 1.54) is 0 Å². The SMILES string of the molecule is CC(C)COc1ccccc1CNC(=O)CCl. The first-order chi connectivity index (χ1) is 8.13. The van der Waals surface area contributed by atoms with Crippen LogP contribution in [-0.4, -0.2) is 18.4 Å². The Morgan fingerprint density at radius 1 is 1.41 bits per heavy atom. The number of amides is 1. The molecule has 3 nitrogen and oxygen atoms in total. The zero-order valence-corrected chi connectivity index (χ0v) is 11.0. The first kappa shape index (κ1) is 13.8. The van der Waals surface area contributed by atoms with Gasteiger partial charge in [-0.2, -0.15) is 0 Å². The number of para-hydroxylation sites is 1. The van der Waals surface area contributed by atoms with E-state index in [4.69, 9.17) is 16.3 Å². The molecule has 4 heteroatoms. The van der Waals surface area contributed by atoms with Gasteiger partial charge in [-0.15, -0.1) is 11.6 Å². The Balaban J connectivity index is 2.60. The second-order valence-corrected chi connectivity index (χ2v) is 4.49. The van der Waals surface area contributed by atoms with Gasteiger partial charge >= 0.3 is 0 Å². The lowest BCUT2D eigenvalue weighted by Gasteiger charge is -2.13. The minimum Gasteiger partial charge on any atom is -0.493 e. The zero-order valence-electron chi connectivity index (χ0n) is 10.2. The third-order valence-electron chi connectivity index (χ3n) is 2.14. The van der Waals surface area contributed by atoms with Crippen molar-refractivity contribution in [3.63, 3.8) is 0 Å². The summed E-state index contributed by atoms with van der Waals surface area (Å²) in [5.41, 5.74) is 0.964. The molecule has 17 heavy (non-hydrogen) atoms. The Morgan fingerprint density at radius 2 is 2.12 bits per heavy atom. The van der Waals surface area contributed by atoms with Gasteiger partial charge in [0.05, 0.1) is 6.61 Å². The highest BCUT2D eigenvalue weighted by Crippen LogP contribution is 2.18. The van der Waals surface area contributed by atoms with E-state index in [0.717, 1.165) is 11.3 Å². The summed E-state index contributed by atoms with van der Waals surface area (Å²) in [7, 11) is 0. The van der Waals surface area contributed by atoms with Crippen molar-refractivity contribution in [3.05, 3.63) is 29.8 Å². The highest BCUT2D eigenvalue weighted by atomic mass is 35.5. The van der Waals surface area contributed by atoms with Gasteiger partial charge in [0.25, 0.3) is 0 Å². The van der Waals surface area contributed by atoms with Gasteiger partial charge in [0.1, 0.15) is 11.6 Å². The van der Waals surface area contributed by atoms with Crippen molar-refractivity contribution >= 4 is 17.5 Å². The van der Waals surface area contributed by atoms with E-state index in [-0.39, 0.29) is 11.8 Å². The topological polar surface area (TPSA) is 38.3 Å². The monoisotopic (exact) mass is 255 g/mol. The molecule has 1 N–H and O–H groups in total. The van der Waals surface area contributed by atoms with Crippen LogP contribution in [0, 0.1) is 5.92 Å². The molecular weight excluding hydrogens is 238 g/mol. The molecule has 1 amide bonds. The Labute approximate surface area is 107 Å². The molecule has 1 rings (SSSR count). The molecule has 0 saturated heterocycles. The number of alkyl halides is 1. The number of halogens is 1. The summed E-state index contributed by atoms with van der Waals surface area (Å²) in [6.07, 6.45) is 0. The Bertz CT molecular complexity index is 366. The number of benzene rings is 1. The predicted octanol–water partition coefficient (Wildman–Crippen LogP) is 2.58. The van der Waals surface area contributed by atoms with Crippen LogP contribution in [0.25, 0.3) is 0 Å². The summed E-state index contributed by atoms with van der Waals surface area (Å²) in [6.45, 7) is 5.30. The first-order valence-corrected chi connectivity index (χ1v) is 6.20. The van der Waals surface area contributed by atoms with Crippen LogP contribution in [0.3, 0.4) is 0 Å². The molecule has 0 atom stereocenters. The Kier molecular flexibility index (Phi) is 5.84. The molecule has 94 valence electrons. The molecular formula is C13H18ClNO2. The third kappa shape index (κ3) is 5.09. The van der Waals surface area contributed by atoms with Gasteiger partial charge in [0.15, 0.2) is 0 Å². The lowest BCUT2D eigenvalue weighted by atomic mass is 10.2. The smallest absolute Gasteiger partial charge is 0.235 e. The molecule has 0 bridgehead atoms. The number of carbonyl (C=O) groups excluding carboxylic acids is 1. The van der Waals surface area contributed by atoms with Crippen LogP contribution in [0.5, 0.6) is 5.75 Å². The van der Waals surface area contributed by atoms with Gasteiger partial charge in [0.2, 0.25) is 5.91 Å². The Hall–Kier alpha value is -1.22. The van der Waals surface area contributed by atoms with E-state index < -0.39 is 0 Å². The van der Waals surface area contributed by atoms with E-state index in [1.54, 1.807) is 0 Å². The molecule has 1 aromatic carbocycles. The maximum absolute atomic E-state index is 11.1. The number of carbonyl (C=O) groups is 1. The van der Waals surface area contributed by atoms with E-state index >= 15 is 0 Å². The summed E-state index contributed by atoms with van der Waals surface area (Å²) >= 11 is 5.42. The predicted molar refractivity (Wildman–Crippen MR) is 69.3 cm³/mol. The number of rotatable bonds is 6. The normalized spacial score (nSPS) is 10.4. The number of hydrogen-bond donors (Lipinski definition) is 1. The van der Waals surface area contributed by atoms with Crippen molar-refractivity contribution in [2.75, 3.05) is 12.5 Å². The van der Waals surface area contributed by atoms with Crippen LogP contribution in [0.1, 0.15) is 19.4 Å². The maximum Gasteiger partial charge on any atom is 0.235 e. The van der Waals surface area contributed by atoms with Crippen LogP contribution in [0.2, 0.25) is 0 Å². The minimum absolute atomic E-state index is 0.0188. The highest BCUT2D eigenvalue weighted by Gasteiger charge is 2.05. The van der Waals surface area contributed by atoms with E-state index in [9.17, 15) is 4.79 Å². The molecule has 0 heterocycles. The summed E-state index contributed by atoms with van der Waals surface area (Å²) in [6, 6.07) is 7.68. The molecule has 0 fully saturated rings. The van der Waals surface area contributed by atoms with Crippen LogP contribution in [-0.2, 0) is 11.3 Å². The second-order valence-electron chi connectivity index (χ2n) is 4.22. The average molecular weight is 256 g/mol. The lowest BCUT2D eigenvalue weighted by molar-refractivity contribution is -0.118. The number of nitrogens with one attached hydrogen (secondary N) is 1. The molecule has 0 radical (unpaired) electrons. The molecule has 0 aliphatic heterocycles. The van der Waals surface area contributed by atoms with Crippen LogP contribution >= 0.6 is 11.6 Å². The third-order valence-corrected chi connectivity index (χ3v) is 2.38. The lowest BCUT2D eigenvalue weighted by Crippen LogP contribution is -2.24. The van der Waals surface area contributed by atoms with Crippen LogP contribution in [0.15, 0.2) is 24.3 Å². The largest absolute Gasteiger partial charge is 0.493 e. The summed E-state index contributed by atoms with van der Waals surface area (Å²) in [4.78, 5) is 11.1. The maximum atomic E-state index is 11.1. The van der Waals surface area contributed by atoms with Crippen LogP contribution in [0.4, 0.5) is 0 Å². The van der Waals surface area contributed by atoms with E-state index in [1.807, 2.05) is 24.3 Å². The van der Waals surface area contributed by atoms with Crippen LogP contribution < -0.4 is 10.1 Å². The molecule has 0 saturated carbocycles. The fourth-order valence-electron chi connectivity index (χ4n) is 1.29. The summed E-state index contributed by atoms with van der Waals surface area (Å²) in [5, 5.41) is 2.73. The zero-order chi connectivity index (χ0) is 12.7. The van der Waals surface area contributed by atoms with Gasteiger partial charge in [0, 0.05) is 12.1 Å². The molecule has 0 aliphatic carbocycles. The van der Waals surface area contributed by atoms with Crippen molar-refractivity contribution in [1.82, 2.24) is 5.32 Å². The highest BCUT2D eigenvalue weighted by molar-refractivity contribution is 6.27. The standard InChI is InChI=1S/C13H18ClNO2/c1-10(2)9-17-12-6-4-3-5-11(12)8-15-13(16)7-14/h3-6,10H,7-9H2,1-2H3,(H,15,16). The molecule has 1 aromatic rings. The summed E-state index contributed by atoms with van der Waals surface area (Å²) in [5.74, 6) is 1.09. The number of hydrogen-bond acceptors (Lipinski definition) is 2. The molecule has 0 spiro atoms. The molecule has 0 aromatic heterocycles. The van der Waals surface area contributed by atoms with Gasteiger partial charge in [-0.3, -0.25) is 4.79 Å².